The first kappa shape index (κ1) is 25.1. The third-order valence-electron chi connectivity index (χ3n) is 7.21. The van der Waals surface area contributed by atoms with Crippen molar-refractivity contribution in [3.8, 4) is 28.0 Å². The summed E-state index contributed by atoms with van der Waals surface area (Å²) >= 11 is 3.51. The zero-order chi connectivity index (χ0) is 28.1. The second kappa shape index (κ2) is 8.32. The Balaban J connectivity index is 1.23. The number of thiophene rings is 2. The van der Waals surface area contributed by atoms with Gasteiger partial charge < -0.3 is 18.9 Å². The van der Waals surface area contributed by atoms with Gasteiger partial charge >= 0.3 is 0 Å². The topological polar surface area (TPSA) is 91.7 Å². The number of benzene rings is 1. The lowest BCUT2D eigenvalue weighted by Crippen LogP contribution is -2.08. The van der Waals surface area contributed by atoms with E-state index in [1.54, 1.807) is 23.5 Å². The zero-order valence-electron chi connectivity index (χ0n) is 23.1. The Labute approximate surface area is 239 Å². The maximum atomic E-state index is 13.0. The molecule has 0 saturated heterocycles. The van der Waals surface area contributed by atoms with Crippen molar-refractivity contribution in [3.63, 3.8) is 0 Å². The first-order valence-corrected chi connectivity index (χ1v) is 14.8. The number of hydrogen-bond donors (Lipinski definition) is 2. The number of fused-ring (bicyclic) bond motifs is 3. The Morgan fingerprint density at radius 3 is 2.15 bits per heavy atom. The van der Waals surface area contributed by atoms with Gasteiger partial charge in [-0.3, -0.25) is 4.79 Å². The van der Waals surface area contributed by atoms with E-state index in [0.717, 1.165) is 10.6 Å². The van der Waals surface area contributed by atoms with Gasteiger partial charge in [0.25, 0.3) is 5.91 Å². The van der Waals surface area contributed by atoms with Crippen molar-refractivity contribution in [2.24, 2.45) is 4.99 Å². The van der Waals surface area contributed by atoms with E-state index in [2.05, 4.69) is 75.8 Å². The van der Waals surface area contributed by atoms with E-state index >= 15 is 0 Å². The van der Waals surface area contributed by atoms with E-state index in [4.69, 9.17) is 8.83 Å². The van der Waals surface area contributed by atoms with Crippen LogP contribution < -0.4 is 0 Å². The van der Waals surface area contributed by atoms with Crippen molar-refractivity contribution >= 4 is 54.5 Å². The molecule has 7 rings (SSSR count). The molecule has 6 heterocycles. The monoisotopic (exact) mass is 568 g/mol. The summed E-state index contributed by atoms with van der Waals surface area (Å²) < 4.78 is 14.7. The van der Waals surface area contributed by atoms with E-state index in [9.17, 15) is 9.90 Å². The van der Waals surface area contributed by atoms with Crippen molar-refractivity contribution in [2.45, 2.75) is 52.4 Å². The van der Waals surface area contributed by atoms with Crippen LogP contribution >= 0.6 is 22.7 Å². The van der Waals surface area contributed by atoms with Crippen LogP contribution in [0.3, 0.4) is 0 Å². The fourth-order valence-corrected chi connectivity index (χ4v) is 7.25. The maximum absolute atomic E-state index is 13.0. The van der Waals surface area contributed by atoms with Crippen LogP contribution in [0.2, 0.25) is 0 Å². The first-order valence-electron chi connectivity index (χ1n) is 13.1. The van der Waals surface area contributed by atoms with Crippen LogP contribution in [0.4, 0.5) is 0 Å². The maximum Gasteiger partial charge on any atom is 0.280 e. The van der Waals surface area contributed by atoms with Gasteiger partial charge in [-0.25, -0.2) is 4.99 Å². The van der Waals surface area contributed by atoms with Crippen LogP contribution in [0.5, 0.6) is 5.88 Å². The zero-order valence-corrected chi connectivity index (χ0v) is 24.7. The molecule has 1 aliphatic heterocycles. The molecule has 40 heavy (non-hydrogen) atoms. The highest BCUT2D eigenvalue weighted by atomic mass is 32.1. The number of nitrogens with one attached hydrogen (secondary N) is 1. The van der Waals surface area contributed by atoms with Crippen molar-refractivity contribution in [1.82, 2.24) is 4.98 Å². The molecular formula is C32H28N2O4S2. The Bertz CT molecular complexity index is 1960. The molecule has 0 spiro atoms. The number of carbonyl (C=O) groups excluding carboxylic acids is 1. The second-order valence-electron chi connectivity index (χ2n) is 12.3. The van der Waals surface area contributed by atoms with Gasteiger partial charge in [0.1, 0.15) is 17.2 Å². The summed E-state index contributed by atoms with van der Waals surface area (Å²) in [5.41, 5.74) is 1.28. The molecule has 2 N–H and O–H groups in total. The number of H-pyrrole nitrogens is 1. The molecule has 1 amide bonds. The summed E-state index contributed by atoms with van der Waals surface area (Å²) in [7, 11) is 0. The van der Waals surface area contributed by atoms with Gasteiger partial charge in [-0.1, -0.05) is 41.5 Å². The van der Waals surface area contributed by atoms with Crippen LogP contribution in [-0.4, -0.2) is 21.7 Å². The number of furan rings is 2. The molecule has 0 atom stereocenters. The average molecular weight is 569 g/mol. The lowest BCUT2D eigenvalue weighted by Gasteiger charge is -2.14. The highest BCUT2D eigenvalue weighted by Crippen LogP contribution is 2.43. The number of aromatic amines is 1. The van der Waals surface area contributed by atoms with Gasteiger partial charge in [-0.2, -0.15) is 0 Å². The largest absolute Gasteiger partial charge is 0.494 e. The molecule has 5 aromatic heterocycles. The molecule has 0 bridgehead atoms. The smallest absolute Gasteiger partial charge is 0.280 e. The van der Waals surface area contributed by atoms with Crippen LogP contribution in [-0.2, 0) is 10.8 Å². The normalized spacial score (nSPS) is 14.1. The van der Waals surface area contributed by atoms with Crippen LogP contribution in [0, 0.1) is 0 Å². The number of rotatable bonds is 3. The number of amides is 1. The Morgan fingerprint density at radius 2 is 1.45 bits per heavy atom. The van der Waals surface area contributed by atoms with Crippen LogP contribution in [0.25, 0.3) is 42.3 Å². The third-order valence-corrected chi connectivity index (χ3v) is 9.85. The predicted molar refractivity (Wildman–Crippen MR) is 162 cm³/mol. The summed E-state index contributed by atoms with van der Waals surface area (Å²) in [5, 5.41) is 13.2. The van der Waals surface area contributed by atoms with Gasteiger partial charge in [-0.05, 0) is 64.7 Å². The minimum absolute atomic E-state index is 0.124. The molecule has 8 heteroatoms. The molecule has 0 unspecified atom stereocenters. The summed E-state index contributed by atoms with van der Waals surface area (Å²) in [6.07, 6.45) is 0. The quantitative estimate of drug-likeness (QED) is 0.223. The molecule has 6 nitrogen and oxygen atoms in total. The lowest BCUT2D eigenvalue weighted by molar-refractivity contribution is 0.101. The Hall–Kier alpha value is -3.88. The fourth-order valence-electron chi connectivity index (χ4n) is 5.04. The third kappa shape index (κ3) is 3.89. The number of hydrogen-bond acceptors (Lipinski definition) is 6. The number of carbonyl (C=O) groups is 1. The number of nitrogens with zero attached hydrogens (tertiary/aromatic N) is 1. The van der Waals surface area contributed by atoms with Gasteiger partial charge in [0.15, 0.2) is 17.4 Å². The van der Waals surface area contributed by atoms with E-state index in [0.29, 0.717) is 34.2 Å². The minimum Gasteiger partial charge on any atom is -0.494 e. The highest BCUT2D eigenvalue weighted by molar-refractivity contribution is 7.22. The van der Waals surface area contributed by atoms with Crippen LogP contribution in [0.15, 0.2) is 62.4 Å². The SMILES string of the molecule is CC(C)(C)c1ccc(-c2[nH]c(O)c3c2C(=O)N=C3c2ccc(-c3cc4cc5sc(C(C)(C)C)cc5cc4s3)o2)o1. The summed E-state index contributed by atoms with van der Waals surface area (Å²) in [6.45, 7) is 12.9. The molecular weight excluding hydrogens is 540 g/mol. The number of aliphatic imine (C=N–C) groups is 1. The number of aromatic nitrogens is 1. The summed E-state index contributed by atoms with van der Waals surface area (Å²) in [4.78, 5) is 22.6. The van der Waals surface area contributed by atoms with Crippen molar-refractivity contribution < 1.29 is 18.7 Å². The highest BCUT2D eigenvalue weighted by Gasteiger charge is 2.36. The van der Waals surface area contributed by atoms with E-state index in [-0.39, 0.29) is 22.3 Å². The average Bonchev–Trinajstić information content (AvgIpc) is 3.68. The fraction of sp³-hybridized carbons (Fsp3) is 0.250. The van der Waals surface area contributed by atoms with Gasteiger partial charge in [0.05, 0.1) is 21.7 Å². The molecule has 202 valence electrons. The van der Waals surface area contributed by atoms with E-state index < -0.39 is 5.91 Å². The molecule has 0 fully saturated rings. The molecule has 6 aromatic rings. The first-order chi connectivity index (χ1) is 18.9. The van der Waals surface area contributed by atoms with Gasteiger partial charge in [0, 0.05) is 19.7 Å². The number of aromatic hydroxyl groups is 1. The molecule has 0 aliphatic carbocycles. The summed E-state index contributed by atoms with van der Waals surface area (Å²) in [6, 6.07) is 16.3. The standard InChI is InChI=1S/C32H28N2O4S2/c1-31(2,3)23-10-9-19(38-23)28-26-25(29(35)34-28)27(33-30(26)36)18-8-7-17(37-18)22-13-15-11-21-16(12-20(15)39-22)14-24(40-21)32(4,5)6/h7-14,34-35H,1-6H3. The van der Waals surface area contributed by atoms with Crippen molar-refractivity contribution in [1.29, 1.82) is 0 Å². The summed E-state index contributed by atoms with van der Waals surface area (Å²) in [5.74, 6) is 1.79. The van der Waals surface area contributed by atoms with Crippen molar-refractivity contribution in [2.75, 3.05) is 0 Å². The van der Waals surface area contributed by atoms with Gasteiger partial charge in [-0.15, -0.1) is 22.7 Å². The van der Waals surface area contributed by atoms with Crippen molar-refractivity contribution in [3.05, 3.63) is 76.1 Å². The Morgan fingerprint density at radius 1 is 0.775 bits per heavy atom. The molecule has 0 saturated carbocycles. The Kier molecular flexibility index (Phi) is 5.22. The molecule has 0 radical (unpaired) electrons. The second-order valence-corrected chi connectivity index (χ2v) is 14.5. The van der Waals surface area contributed by atoms with Crippen LogP contribution in [0.1, 0.15) is 73.9 Å². The lowest BCUT2D eigenvalue weighted by atomic mass is 9.94. The molecule has 1 aliphatic rings. The van der Waals surface area contributed by atoms with E-state index in [1.165, 1.54) is 25.0 Å². The van der Waals surface area contributed by atoms with Gasteiger partial charge in [0.2, 0.25) is 0 Å². The minimum atomic E-state index is -0.445. The van der Waals surface area contributed by atoms with E-state index in [1.807, 2.05) is 23.5 Å². The predicted octanol–water partition coefficient (Wildman–Crippen LogP) is 9.26. The molecule has 1 aromatic carbocycles.